The molecule has 0 aromatic carbocycles. The van der Waals surface area contributed by atoms with Gasteiger partial charge >= 0.3 is 5.97 Å². The number of nitrogens with zero attached hydrogens (tertiary/aromatic N) is 2. The summed E-state index contributed by atoms with van der Waals surface area (Å²) in [5, 5.41) is 11.0. The Balaban J connectivity index is 2.16. The van der Waals surface area contributed by atoms with Crippen LogP contribution in [-0.4, -0.2) is 22.1 Å². The van der Waals surface area contributed by atoms with Gasteiger partial charge in [0.1, 0.15) is 5.00 Å². The number of nitrogens with one attached hydrogen (secondary N) is 1. The number of esters is 1. The predicted molar refractivity (Wildman–Crippen MR) is 94.7 cm³/mol. The summed E-state index contributed by atoms with van der Waals surface area (Å²) in [6.07, 6.45) is 0.618. The molecule has 7 nitrogen and oxygen atoms in total. The van der Waals surface area contributed by atoms with Gasteiger partial charge in [0.25, 0.3) is 5.89 Å². The van der Waals surface area contributed by atoms with Gasteiger partial charge < -0.3 is 14.5 Å². The van der Waals surface area contributed by atoms with Crippen molar-refractivity contribution in [3.8, 4) is 0 Å². The Kier molecular flexibility index (Phi) is 5.62. The third kappa shape index (κ3) is 4.45. The summed E-state index contributed by atoms with van der Waals surface area (Å²) in [7, 11) is 0. The molecule has 2 aromatic heterocycles. The topological polar surface area (TPSA) is 94.3 Å². The molecule has 8 heteroatoms. The average Bonchev–Trinajstić information content (AvgIpc) is 3.09. The van der Waals surface area contributed by atoms with Crippen LogP contribution in [0.5, 0.6) is 0 Å². The van der Waals surface area contributed by atoms with Gasteiger partial charge in [0, 0.05) is 16.7 Å². The molecular weight excluding hydrogens is 342 g/mol. The van der Waals surface area contributed by atoms with E-state index in [1.165, 1.54) is 11.3 Å². The lowest BCUT2D eigenvalue weighted by molar-refractivity contribution is -0.123. The van der Waals surface area contributed by atoms with Crippen molar-refractivity contribution in [2.24, 2.45) is 5.41 Å². The highest BCUT2D eigenvalue weighted by Gasteiger charge is 2.27. The summed E-state index contributed by atoms with van der Waals surface area (Å²) in [5.74, 6) is 0.0522. The van der Waals surface area contributed by atoms with E-state index in [9.17, 15) is 9.59 Å². The Hall–Kier alpha value is -2.22. The minimum atomic E-state index is -0.562. The van der Waals surface area contributed by atoms with Crippen LogP contribution in [0.1, 0.15) is 60.3 Å². The number of ether oxygens (including phenoxy) is 1. The third-order valence-electron chi connectivity index (χ3n) is 3.64. The molecule has 0 aliphatic carbocycles. The molecule has 0 bridgehead atoms. The first kappa shape index (κ1) is 19.1. The van der Waals surface area contributed by atoms with Crippen LogP contribution < -0.4 is 5.32 Å². The highest BCUT2D eigenvalue weighted by Crippen LogP contribution is 2.34. The molecule has 0 fully saturated rings. The lowest BCUT2D eigenvalue weighted by atomic mass is 9.96. The third-order valence-corrected chi connectivity index (χ3v) is 4.76. The fraction of sp³-hybridized carbons (Fsp3) is 0.529. The molecule has 136 valence electrons. The first-order valence-electron chi connectivity index (χ1n) is 8.03. The maximum Gasteiger partial charge on any atom is 0.341 e. The Morgan fingerprint density at radius 3 is 2.40 bits per heavy atom. The van der Waals surface area contributed by atoms with Gasteiger partial charge in [-0.2, -0.15) is 0 Å². The number of carbonyl (C=O) groups excluding carboxylic acids is 2. The Morgan fingerprint density at radius 2 is 1.84 bits per heavy atom. The summed E-state index contributed by atoms with van der Waals surface area (Å²) in [6.45, 7) is 11.0. The van der Waals surface area contributed by atoms with Gasteiger partial charge in [-0.15, -0.1) is 21.5 Å². The van der Waals surface area contributed by atoms with Crippen molar-refractivity contribution in [3.63, 3.8) is 0 Å². The molecule has 0 aliphatic heterocycles. The number of hydrogen-bond donors (Lipinski definition) is 1. The highest BCUT2D eigenvalue weighted by atomic mass is 32.1. The van der Waals surface area contributed by atoms with Gasteiger partial charge in [-0.05, 0) is 19.4 Å². The van der Waals surface area contributed by atoms with E-state index in [4.69, 9.17) is 9.15 Å². The number of aromatic nitrogens is 2. The van der Waals surface area contributed by atoms with E-state index in [0.717, 1.165) is 10.4 Å². The second kappa shape index (κ2) is 7.35. The smallest absolute Gasteiger partial charge is 0.341 e. The largest absolute Gasteiger partial charge is 0.452 e. The van der Waals surface area contributed by atoms with Crippen LogP contribution >= 0.6 is 11.3 Å². The quantitative estimate of drug-likeness (QED) is 0.813. The SMILES string of the molecule is CCc1nnc(COC(=O)c2c(NC(=O)C(C)(C)C)sc(C)c2C)o1. The van der Waals surface area contributed by atoms with Crippen molar-refractivity contribution >= 4 is 28.2 Å². The summed E-state index contributed by atoms with van der Waals surface area (Å²) < 4.78 is 10.6. The fourth-order valence-corrected chi connectivity index (χ4v) is 2.98. The van der Waals surface area contributed by atoms with Crippen LogP contribution in [0.25, 0.3) is 0 Å². The van der Waals surface area contributed by atoms with E-state index in [0.29, 0.717) is 22.9 Å². The van der Waals surface area contributed by atoms with Crippen LogP contribution in [0.2, 0.25) is 0 Å². The molecule has 2 rings (SSSR count). The molecular formula is C17H23N3O4S. The van der Waals surface area contributed by atoms with Crippen molar-refractivity contribution < 1.29 is 18.7 Å². The van der Waals surface area contributed by atoms with Gasteiger partial charge in [-0.1, -0.05) is 27.7 Å². The minimum absolute atomic E-state index is 0.104. The molecule has 25 heavy (non-hydrogen) atoms. The van der Waals surface area contributed by atoms with Crippen LogP contribution in [0, 0.1) is 19.3 Å². The standard InChI is InChI=1S/C17H23N3O4S/c1-7-11-19-20-12(24-11)8-23-15(21)13-9(2)10(3)25-14(13)18-16(22)17(4,5)6/h7-8H2,1-6H3,(H,18,22). The monoisotopic (exact) mass is 365 g/mol. The van der Waals surface area contributed by atoms with Crippen molar-refractivity contribution in [1.82, 2.24) is 10.2 Å². The van der Waals surface area contributed by atoms with Crippen LogP contribution in [0.4, 0.5) is 5.00 Å². The molecule has 1 N–H and O–H groups in total. The van der Waals surface area contributed by atoms with E-state index in [-0.39, 0.29) is 18.4 Å². The number of rotatable bonds is 5. The van der Waals surface area contributed by atoms with Gasteiger partial charge in [0.05, 0.1) is 5.56 Å². The Bertz CT molecular complexity index is 786. The van der Waals surface area contributed by atoms with Crippen molar-refractivity contribution in [1.29, 1.82) is 0 Å². The lowest BCUT2D eigenvalue weighted by Gasteiger charge is -2.17. The zero-order valence-electron chi connectivity index (χ0n) is 15.3. The van der Waals surface area contributed by atoms with Crippen molar-refractivity contribution in [3.05, 3.63) is 27.8 Å². The number of carbonyl (C=O) groups is 2. The summed E-state index contributed by atoms with van der Waals surface area (Å²) in [4.78, 5) is 25.7. The van der Waals surface area contributed by atoms with Gasteiger partial charge in [0.15, 0.2) is 6.61 Å². The van der Waals surface area contributed by atoms with E-state index in [1.54, 1.807) is 0 Å². The second-order valence-corrected chi connectivity index (χ2v) is 7.94. The number of anilines is 1. The number of amides is 1. The van der Waals surface area contributed by atoms with E-state index in [2.05, 4.69) is 15.5 Å². The number of hydrogen-bond acceptors (Lipinski definition) is 7. The predicted octanol–water partition coefficient (Wildman–Crippen LogP) is 3.65. The fourth-order valence-electron chi connectivity index (χ4n) is 1.94. The van der Waals surface area contributed by atoms with Crippen molar-refractivity contribution in [2.75, 3.05) is 5.32 Å². The van der Waals surface area contributed by atoms with Gasteiger partial charge in [-0.3, -0.25) is 4.79 Å². The molecule has 0 saturated heterocycles. The molecule has 0 aliphatic rings. The van der Waals surface area contributed by atoms with E-state index >= 15 is 0 Å². The van der Waals surface area contributed by atoms with Crippen LogP contribution in [0.3, 0.4) is 0 Å². The molecule has 0 atom stereocenters. The van der Waals surface area contributed by atoms with Gasteiger partial charge in [0.2, 0.25) is 11.8 Å². The van der Waals surface area contributed by atoms with E-state index in [1.807, 2.05) is 41.5 Å². The second-order valence-electron chi connectivity index (χ2n) is 6.71. The molecule has 1 amide bonds. The zero-order valence-corrected chi connectivity index (χ0v) is 16.2. The average molecular weight is 365 g/mol. The summed E-state index contributed by atoms with van der Waals surface area (Å²) in [6, 6.07) is 0. The first-order valence-corrected chi connectivity index (χ1v) is 8.85. The Labute approximate surface area is 150 Å². The normalized spacial score (nSPS) is 11.4. The minimum Gasteiger partial charge on any atom is -0.452 e. The van der Waals surface area contributed by atoms with E-state index < -0.39 is 11.4 Å². The first-order chi connectivity index (χ1) is 11.6. The molecule has 0 saturated carbocycles. The molecule has 0 radical (unpaired) electrons. The molecule has 2 heterocycles. The summed E-state index contributed by atoms with van der Waals surface area (Å²) >= 11 is 1.36. The van der Waals surface area contributed by atoms with Gasteiger partial charge in [-0.25, -0.2) is 4.79 Å². The molecule has 2 aromatic rings. The Morgan fingerprint density at radius 1 is 1.20 bits per heavy atom. The molecule has 0 unspecified atom stereocenters. The lowest BCUT2D eigenvalue weighted by Crippen LogP contribution is -2.28. The highest BCUT2D eigenvalue weighted by molar-refractivity contribution is 7.16. The maximum absolute atomic E-state index is 12.5. The summed E-state index contributed by atoms with van der Waals surface area (Å²) in [5.41, 5.74) is 0.599. The molecule has 0 spiro atoms. The van der Waals surface area contributed by atoms with Crippen LogP contribution in [-0.2, 0) is 22.6 Å². The number of aryl methyl sites for hydroxylation is 2. The maximum atomic E-state index is 12.5. The van der Waals surface area contributed by atoms with Crippen molar-refractivity contribution in [2.45, 2.75) is 54.6 Å². The number of thiophene rings is 1. The van der Waals surface area contributed by atoms with Crippen LogP contribution in [0.15, 0.2) is 4.42 Å². The zero-order chi connectivity index (χ0) is 18.8.